The highest BCUT2D eigenvalue weighted by atomic mass is 35.5. The lowest BCUT2D eigenvalue weighted by atomic mass is 10.1. The summed E-state index contributed by atoms with van der Waals surface area (Å²) in [6, 6.07) is 13.9. The van der Waals surface area contributed by atoms with E-state index in [-0.39, 0.29) is 0 Å². The number of halogens is 2. The van der Waals surface area contributed by atoms with E-state index in [1.54, 1.807) is 18.5 Å². The Kier molecular flexibility index (Phi) is 8.05. The monoisotopic (exact) mass is 521 g/mol. The molecule has 5 rings (SSSR count). The van der Waals surface area contributed by atoms with Gasteiger partial charge in [0.25, 0.3) is 0 Å². The minimum atomic E-state index is -0.411. The maximum atomic E-state index is 14.3. The molecule has 2 aromatic heterocycles. The number of hydrogen-bond donors (Lipinski definition) is 2. The van der Waals surface area contributed by atoms with Gasteiger partial charge < -0.3 is 15.8 Å². The van der Waals surface area contributed by atoms with Crippen LogP contribution in [0.1, 0.15) is 0 Å². The van der Waals surface area contributed by atoms with Crippen LogP contribution in [0.25, 0.3) is 22.2 Å². The van der Waals surface area contributed by atoms with Gasteiger partial charge >= 0.3 is 0 Å². The first-order valence-electron chi connectivity index (χ1n) is 12.3. The Morgan fingerprint density at radius 1 is 1.00 bits per heavy atom. The van der Waals surface area contributed by atoms with E-state index in [0.717, 1.165) is 61.6 Å². The maximum Gasteiger partial charge on any atom is 0.132 e. The van der Waals surface area contributed by atoms with Gasteiger partial charge in [-0.2, -0.15) is 10.2 Å². The number of aromatic nitrogens is 3. The van der Waals surface area contributed by atoms with Crippen LogP contribution in [0.4, 0.5) is 15.8 Å². The summed E-state index contributed by atoms with van der Waals surface area (Å²) in [6.45, 7) is 7.34. The number of nitrogens with one attached hydrogen (secondary N) is 1. The minimum absolute atomic E-state index is 0.294. The summed E-state index contributed by atoms with van der Waals surface area (Å²) >= 11 is 6.05. The van der Waals surface area contributed by atoms with Gasteiger partial charge in [0, 0.05) is 79.7 Å². The third kappa shape index (κ3) is 6.31. The maximum absolute atomic E-state index is 14.3. The lowest BCUT2D eigenvalue weighted by Gasteiger charge is -2.34. The third-order valence-corrected chi connectivity index (χ3v) is 6.67. The number of ether oxygens (including phenoxy) is 1. The van der Waals surface area contributed by atoms with E-state index in [0.29, 0.717) is 35.1 Å². The molecule has 4 aromatic rings. The molecule has 8 nitrogen and oxygen atoms in total. The smallest absolute Gasteiger partial charge is 0.132 e. The van der Waals surface area contributed by atoms with Gasteiger partial charge in [-0.1, -0.05) is 11.6 Å². The van der Waals surface area contributed by atoms with E-state index in [2.05, 4.69) is 30.3 Å². The summed E-state index contributed by atoms with van der Waals surface area (Å²) in [6.07, 6.45) is 3.33. The van der Waals surface area contributed by atoms with Crippen LogP contribution in [0.2, 0.25) is 5.02 Å². The van der Waals surface area contributed by atoms with E-state index in [9.17, 15) is 4.39 Å². The second kappa shape index (κ2) is 11.8. The van der Waals surface area contributed by atoms with Gasteiger partial charge in [0.1, 0.15) is 18.2 Å². The van der Waals surface area contributed by atoms with Crippen LogP contribution in [-0.2, 0) is 0 Å². The summed E-state index contributed by atoms with van der Waals surface area (Å²) in [4.78, 5) is 9.33. The molecule has 0 bridgehead atoms. The average Bonchev–Trinajstić information content (AvgIpc) is 2.91. The predicted octanol–water partition coefficient (Wildman–Crippen LogP) is 4.18. The molecule has 192 valence electrons. The first kappa shape index (κ1) is 25.3. The zero-order valence-electron chi connectivity index (χ0n) is 20.4. The average molecular weight is 522 g/mol. The minimum Gasteiger partial charge on any atom is -0.492 e. The molecule has 0 amide bonds. The van der Waals surface area contributed by atoms with E-state index in [1.165, 1.54) is 18.2 Å². The zero-order valence-corrected chi connectivity index (χ0v) is 21.2. The van der Waals surface area contributed by atoms with Gasteiger partial charge in [-0.15, -0.1) is 0 Å². The Morgan fingerprint density at radius 2 is 1.81 bits per heavy atom. The number of nitrogens with zero attached hydrogens (tertiary/aromatic N) is 5. The highest BCUT2D eigenvalue weighted by Crippen LogP contribution is 2.30. The summed E-state index contributed by atoms with van der Waals surface area (Å²) < 4.78 is 20.4. The van der Waals surface area contributed by atoms with Crippen molar-refractivity contribution in [3.63, 3.8) is 0 Å². The first-order valence-corrected chi connectivity index (χ1v) is 12.7. The van der Waals surface area contributed by atoms with Crippen LogP contribution < -0.4 is 15.8 Å². The summed E-state index contributed by atoms with van der Waals surface area (Å²) in [7, 11) is 0. The Bertz CT molecular complexity index is 1360. The van der Waals surface area contributed by atoms with Crippen molar-refractivity contribution in [2.24, 2.45) is 5.73 Å². The van der Waals surface area contributed by atoms with Gasteiger partial charge in [0.05, 0.1) is 23.1 Å². The van der Waals surface area contributed by atoms with Crippen molar-refractivity contribution in [1.29, 1.82) is 0 Å². The molecule has 0 saturated carbocycles. The summed E-state index contributed by atoms with van der Waals surface area (Å²) in [5, 5.41) is 12.8. The number of rotatable bonds is 9. The highest BCUT2D eigenvalue weighted by Gasteiger charge is 2.16. The highest BCUT2D eigenvalue weighted by molar-refractivity contribution is 6.30. The molecule has 0 unspecified atom stereocenters. The largest absolute Gasteiger partial charge is 0.492 e. The number of pyridine rings is 1. The number of fused-ring (bicyclic) bond motifs is 1. The predicted molar refractivity (Wildman–Crippen MR) is 145 cm³/mol. The van der Waals surface area contributed by atoms with Crippen molar-refractivity contribution >= 4 is 33.9 Å². The van der Waals surface area contributed by atoms with E-state index in [1.807, 2.05) is 24.3 Å². The summed E-state index contributed by atoms with van der Waals surface area (Å²) in [5.41, 5.74) is 8.66. The van der Waals surface area contributed by atoms with Crippen molar-refractivity contribution in [1.82, 2.24) is 25.0 Å². The van der Waals surface area contributed by atoms with Crippen molar-refractivity contribution in [2.75, 3.05) is 57.7 Å². The molecule has 1 aliphatic heterocycles. The van der Waals surface area contributed by atoms with Gasteiger partial charge in [-0.25, -0.2) is 4.39 Å². The molecule has 0 spiro atoms. The number of piperazine rings is 1. The van der Waals surface area contributed by atoms with Crippen molar-refractivity contribution in [3.8, 4) is 17.0 Å². The molecular formula is C27H29ClFN7O. The molecule has 1 fully saturated rings. The topological polar surface area (TPSA) is 92.4 Å². The number of benzene rings is 2. The summed E-state index contributed by atoms with van der Waals surface area (Å²) in [5.74, 6) is 0.370. The van der Waals surface area contributed by atoms with Crippen LogP contribution in [-0.4, -0.2) is 77.4 Å². The fraction of sp³-hybridized carbons (Fsp3) is 0.296. The first-order chi connectivity index (χ1) is 18.1. The third-order valence-electron chi connectivity index (χ3n) is 6.44. The molecule has 10 heteroatoms. The number of anilines is 2. The molecular weight excluding hydrogens is 493 g/mol. The standard InChI is InChI=1S/C27H29ClFN7O/c28-19-1-4-24(29)23(15-19)27-16-20(18-32-34-27)33-25-5-7-31-26-17-21(2-3-22(25)26)37-14-13-36-11-9-35(8-6-30)10-12-36/h1-5,7,15-18H,6,8-14,30H2,(H,31,33,34). The molecule has 1 aliphatic rings. The lowest BCUT2D eigenvalue weighted by Crippen LogP contribution is -2.48. The zero-order chi connectivity index (χ0) is 25.6. The van der Waals surface area contributed by atoms with E-state index in [4.69, 9.17) is 22.1 Å². The molecule has 0 atom stereocenters. The number of nitrogens with two attached hydrogens (primary N) is 1. The molecule has 0 aliphatic carbocycles. The van der Waals surface area contributed by atoms with Crippen molar-refractivity contribution < 1.29 is 9.13 Å². The Hall–Kier alpha value is -3.37. The van der Waals surface area contributed by atoms with E-state index < -0.39 is 5.82 Å². The number of hydrogen-bond acceptors (Lipinski definition) is 8. The van der Waals surface area contributed by atoms with Crippen molar-refractivity contribution in [3.05, 3.63) is 71.8 Å². The van der Waals surface area contributed by atoms with Crippen LogP contribution in [0, 0.1) is 5.82 Å². The van der Waals surface area contributed by atoms with Gasteiger partial charge in [0.2, 0.25) is 0 Å². The van der Waals surface area contributed by atoms with Gasteiger partial charge in [0.15, 0.2) is 0 Å². The SMILES string of the molecule is NCCN1CCN(CCOc2ccc3c(Nc4cnnc(-c5cc(Cl)ccc5F)c4)ccnc3c2)CC1. The molecule has 3 heterocycles. The Balaban J connectivity index is 1.24. The Morgan fingerprint density at radius 3 is 2.62 bits per heavy atom. The fourth-order valence-corrected chi connectivity index (χ4v) is 4.63. The molecule has 1 saturated heterocycles. The Labute approximate surface area is 220 Å². The normalized spacial score (nSPS) is 14.7. The molecule has 3 N–H and O–H groups in total. The van der Waals surface area contributed by atoms with Crippen LogP contribution in [0.15, 0.2) is 60.9 Å². The molecule has 2 aromatic carbocycles. The van der Waals surface area contributed by atoms with Gasteiger partial charge in [-0.3, -0.25) is 14.8 Å². The van der Waals surface area contributed by atoms with Crippen LogP contribution >= 0.6 is 11.6 Å². The van der Waals surface area contributed by atoms with Crippen LogP contribution in [0.3, 0.4) is 0 Å². The molecule has 0 radical (unpaired) electrons. The van der Waals surface area contributed by atoms with Crippen LogP contribution in [0.5, 0.6) is 5.75 Å². The molecule has 37 heavy (non-hydrogen) atoms. The lowest BCUT2D eigenvalue weighted by molar-refractivity contribution is 0.119. The quantitative estimate of drug-likeness (QED) is 0.339. The van der Waals surface area contributed by atoms with Gasteiger partial charge in [-0.05, 0) is 42.5 Å². The van der Waals surface area contributed by atoms with Crippen molar-refractivity contribution in [2.45, 2.75) is 0 Å². The van der Waals surface area contributed by atoms with E-state index >= 15 is 0 Å². The second-order valence-electron chi connectivity index (χ2n) is 8.94. The fourth-order valence-electron chi connectivity index (χ4n) is 4.45. The second-order valence-corrected chi connectivity index (χ2v) is 9.37.